The van der Waals surface area contributed by atoms with Gasteiger partial charge in [0.2, 0.25) is 5.88 Å². The van der Waals surface area contributed by atoms with E-state index >= 15 is 0 Å². The largest absolute Gasteiger partial charge is 0.477 e. The second kappa shape index (κ2) is 8.47. The Labute approximate surface area is 171 Å². The molecule has 0 aliphatic heterocycles. The molecular formula is C20H24F3N5O2. The third kappa shape index (κ3) is 6.06. The second-order valence-electron chi connectivity index (χ2n) is 7.76. The molecule has 0 aliphatic carbocycles. The summed E-state index contributed by atoms with van der Waals surface area (Å²) < 4.78 is 43.7. The molecule has 0 bridgehead atoms. The van der Waals surface area contributed by atoms with Crippen molar-refractivity contribution < 1.29 is 23.0 Å². The number of hydrogen-bond donors (Lipinski definition) is 2. The van der Waals surface area contributed by atoms with Crippen LogP contribution in [0, 0.1) is 6.92 Å². The van der Waals surface area contributed by atoms with Gasteiger partial charge in [-0.3, -0.25) is 4.68 Å². The summed E-state index contributed by atoms with van der Waals surface area (Å²) in [6.45, 7) is 5.44. The van der Waals surface area contributed by atoms with Crippen molar-refractivity contribution in [2.24, 2.45) is 0 Å². The normalized spacial score (nSPS) is 12.4. The van der Waals surface area contributed by atoms with E-state index < -0.39 is 24.8 Å². The highest BCUT2D eigenvalue weighted by atomic mass is 19.4. The fraction of sp³-hybridized carbons (Fsp3) is 0.450. The van der Waals surface area contributed by atoms with Gasteiger partial charge in [0.25, 0.3) is 0 Å². The molecule has 0 unspecified atom stereocenters. The highest BCUT2D eigenvalue weighted by molar-refractivity contribution is 5.88. The van der Waals surface area contributed by atoms with E-state index in [1.807, 2.05) is 12.3 Å². The second-order valence-corrected chi connectivity index (χ2v) is 7.76. The van der Waals surface area contributed by atoms with Crippen molar-refractivity contribution in [3.8, 4) is 5.88 Å². The van der Waals surface area contributed by atoms with E-state index in [0.29, 0.717) is 24.5 Å². The van der Waals surface area contributed by atoms with Crippen molar-refractivity contribution in [1.82, 2.24) is 19.7 Å². The molecule has 0 spiro atoms. The number of aryl methyl sites for hydroxylation is 1. The fourth-order valence-corrected chi connectivity index (χ4v) is 2.82. The Kier molecular flexibility index (Phi) is 6.16. The van der Waals surface area contributed by atoms with E-state index in [1.165, 1.54) is 0 Å². The first-order chi connectivity index (χ1) is 14.0. The van der Waals surface area contributed by atoms with E-state index in [-0.39, 0.29) is 5.88 Å². The van der Waals surface area contributed by atoms with Gasteiger partial charge in [-0.1, -0.05) is 0 Å². The van der Waals surface area contributed by atoms with Gasteiger partial charge in [-0.2, -0.15) is 18.3 Å². The van der Waals surface area contributed by atoms with Crippen LogP contribution >= 0.6 is 0 Å². The minimum absolute atomic E-state index is 0.191. The Bertz CT molecular complexity index is 1010. The zero-order valence-corrected chi connectivity index (χ0v) is 17.0. The van der Waals surface area contributed by atoms with E-state index in [9.17, 15) is 18.3 Å². The molecule has 3 rings (SSSR count). The van der Waals surface area contributed by atoms with Crippen LogP contribution in [0.25, 0.3) is 10.9 Å². The molecule has 3 aromatic heterocycles. The maximum atomic E-state index is 12.3. The number of anilines is 1. The Morgan fingerprint density at radius 3 is 2.67 bits per heavy atom. The Balaban J connectivity index is 1.71. The summed E-state index contributed by atoms with van der Waals surface area (Å²) in [5.41, 5.74) is 1.36. The summed E-state index contributed by atoms with van der Waals surface area (Å²) in [5.74, 6) is 0.819. The molecule has 0 amide bonds. The number of ether oxygens (including phenoxy) is 1. The van der Waals surface area contributed by atoms with Crippen molar-refractivity contribution in [2.45, 2.75) is 45.5 Å². The monoisotopic (exact) mass is 423 g/mol. The summed E-state index contributed by atoms with van der Waals surface area (Å²) >= 11 is 0. The van der Waals surface area contributed by atoms with Gasteiger partial charge in [0.05, 0.1) is 36.1 Å². The predicted molar refractivity (Wildman–Crippen MR) is 107 cm³/mol. The summed E-state index contributed by atoms with van der Waals surface area (Å²) in [6, 6.07) is 3.61. The topological polar surface area (TPSA) is 85.1 Å². The van der Waals surface area contributed by atoms with E-state index in [4.69, 9.17) is 4.74 Å². The average molecular weight is 423 g/mol. The molecule has 10 heteroatoms. The van der Waals surface area contributed by atoms with Crippen molar-refractivity contribution >= 4 is 16.7 Å². The Hall–Kier alpha value is -2.88. The van der Waals surface area contributed by atoms with Gasteiger partial charge in [0.1, 0.15) is 5.82 Å². The smallest absolute Gasteiger partial charge is 0.392 e. The summed E-state index contributed by atoms with van der Waals surface area (Å²) in [5, 5.41) is 18.4. The predicted octanol–water partition coefficient (Wildman–Crippen LogP) is 3.70. The SMILES string of the molecule is Cc1cc(Cn2cc3c(NCC(C)(C)O)nccc3n2)cnc1OCCC(F)(F)F. The number of alkyl halides is 3. The van der Waals surface area contributed by atoms with E-state index in [0.717, 1.165) is 16.5 Å². The van der Waals surface area contributed by atoms with Crippen molar-refractivity contribution in [2.75, 3.05) is 18.5 Å². The van der Waals surface area contributed by atoms with Crippen LogP contribution in [-0.4, -0.2) is 49.8 Å². The fourth-order valence-electron chi connectivity index (χ4n) is 2.82. The summed E-state index contributed by atoms with van der Waals surface area (Å²) in [7, 11) is 0. The van der Waals surface area contributed by atoms with Crippen LogP contribution in [0.15, 0.2) is 30.7 Å². The lowest BCUT2D eigenvalue weighted by Crippen LogP contribution is -2.29. The number of hydrogen-bond acceptors (Lipinski definition) is 6. The number of halogens is 3. The molecule has 0 fully saturated rings. The van der Waals surface area contributed by atoms with Gasteiger partial charge >= 0.3 is 6.18 Å². The molecule has 0 aromatic carbocycles. The molecule has 0 aliphatic rings. The number of nitrogens with one attached hydrogen (secondary N) is 1. The molecule has 162 valence electrons. The van der Waals surface area contributed by atoms with Crippen LogP contribution in [-0.2, 0) is 6.54 Å². The first-order valence-electron chi connectivity index (χ1n) is 9.44. The number of pyridine rings is 2. The molecule has 0 atom stereocenters. The maximum absolute atomic E-state index is 12.3. The van der Waals surface area contributed by atoms with Crippen LogP contribution in [0.4, 0.5) is 19.0 Å². The quantitative estimate of drug-likeness (QED) is 0.575. The molecule has 7 nitrogen and oxygen atoms in total. The van der Waals surface area contributed by atoms with Gasteiger partial charge in [-0.15, -0.1) is 0 Å². The lowest BCUT2D eigenvalue weighted by molar-refractivity contribution is -0.139. The van der Waals surface area contributed by atoms with E-state index in [1.54, 1.807) is 43.9 Å². The molecule has 2 N–H and O–H groups in total. The lowest BCUT2D eigenvalue weighted by atomic mass is 10.1. The van der Waals surface area contributed by atoms with Crippen LogP contribution < -0.4 is 10.1 Å². The molecule has 0 saturated heterocycles. The van der Waals surface area contributed by atoms with E-state index in [2.05, 4.69) is 20.4 Å². The van der Waals surface area contributed by atoms with Crippen LogP contribution in [0.2, 0.25) is 0 Å². The molecule has 30 heavy (non-hydrogen) atoms. The van der Waals surface area contributed by atoms with Gasteiger partial charge in [-0.05, 0) is 38.5 Å². The molecule has 0 saturated carbocycles. The summed E-state index contributed by atoms with van der Waals surface area (Å²) in [4.78, 5) is 8.46. The summed E-state index contributed by atoms with van der Waals surface area (Å²) in [6.07, 6.45) is -0.226. The van der Waals surface area contributed by atoms with Gasteiger partial charge in [-0.25, -0.2) is 9.97 Å². The lowest BCUT2D eigenvalue weighted by Gasteiger charge is -2.18. The number of aromatic nitrogens is 4. The van der Waals surface area contributed by atoms with Crippen LogP contribution in [0.3, 0.4) is 0 Å². The third-order valence-corrected chi connectivity index (χ3v) is 4.23. The number of fused-ring (bicyclic) bond motifs is 1. The Morgan fingerprint density at radius 1 is 1.23 bits per heavy atom. The maximum Gasteiger partial charge on any atom is 0.392 e. The average Bonchev–Trinajstić information content (AvgIpc) is 3.03. The van der Waals surface area contributed by atoms with Crippen LogP contribution in [0.5, 0.6) is 5.88 Å². The van der Waals surface area contributed by atoms with Crippen LogP contribution in [0.1, 0.15) is 31.4 Å². The number of nitrogens with zero attached hydrogens (tertiary/aromatic N) is 4. The molecule has 3 aromatic rings. The highest BCUT2D eigenvalue weighted by Gasteiger charge is 2.27. The Morgan fingerprint density at radius 2 is 2.00 bits per heavy atom. The number of aliphatic hydroxyl groups is 1. The molecule has 3 heterocycles. The molecular weight excluding hydrogens is 399 g/mol. The minimum Gasteiger partial charge on any atom is -0.477 e. The first kappa shape index (κ1) is 21.8. The van der Waals surface area contributed by atoms with Gasteiger partial charge < -0.3 is 15.2 Å². The van der Waals surface area contributed by atoms with Crippen molar-refractivity contribution in [3.05, 3.63) is 41.9 Å². The third-order valence-electron chi connectivity index (χ3n) is 4.23. The standard InChI is InChI=1S/C20H24F3N5O2/c1-13-8-14(9-25-18(13)30-7-5-20(21,22)23)10-28-11-15-16(27-28)4-6-24-17(15)26-12-19(2,3)29/h4,6,8-9,11,29H,5,7,10,12H2,1-3H3,(H,24,26). The zero-order valence-electron chi connectivity index (χ0n) is 17.0. The minimum atomic E-state index is -4.26. The van der Waals surface area contributed by atoms with Crippen molar-refractivity contribution in [3.63, 3.8) is 0 Å². The van der Waals surface area contributed by atoms with Gasteiger partial charge in [0, 0.05) is 30.7 Å². The molecule has 0 radical (unpaired) electrons. The highest BCUT2D eigenvalue weighted by Crippen LogP contribution is 2.23. The number of rotatable bonds is 8. The first-order valence-corrected chi connectivity index (χ1v) is 9.44. The van der Waals surface area contributed by atoms with Gasteiger partial charge in [0.15, 0.2) is 0 Å². The van der Waals surface area contributed by atoms with Crippen molar-refractivity contribution in [1.29, 1.82) is 0 Å². The zero-order chi connectivity index (χ0) is 21.9.